The molecule has 0 saturated carbocycles. The van der Waals surface area contributed by atoms with Crippen LogP contribution in [-0.4, -0.2) is 10.9 Å². The van der Waals surface area contributed by atoms with Gasteiger partial charge in [0.2, 0.25) is 0 Å². The van der Waals surface area contributed by atoms with Crippen molar-refractivity contribution in [3.8, 4) is 0 Å². The van der Waals surface area contributed by atoms with Crippen LogP contribution < -0.4 is 11.1 Å². The Morgan fingerprint density at radius 3 is 2.52 bits per heavy atom. The first kappa shape index (κ1) is 14.8. The van der Waals surface area contributed by atoms with Crippen LogP contribution >= 0.6 is 0 Å². The number of carbonyl (C=O) groups excluding carboxylic acids is 1. The van der Waals surface area contributed by atoms with Crippen LogP contribution in [0.4, 0.5) is 24.5 Å². The second-order valence-electron chi connectivity index (χ2n) is 4.42. The maximum atomic E-state index is 12.5. The Balaban J connectivity index is 2.22. The zero-order valence-corrected chi connectivity index (χ0v) is 11.0. The summed E-state index contributed by atoms with van der Waals surface area (Å²) < 4.78 is 37.6. The van der Waals surface area contributed by atoms with Crippen LogP contribution in [0, 0.1) is 6.92 Å². The maximum absolute atomic E-state index is 12.5. The lowest BCUT2D eigenvalue weighted by Crippen LogP contribution is -2.15. The first-order chi connectivity index (χ1) is 9.77. The number of carbonyl (C=O) groups is 1. The van der Waals surface area contributed by atoms with Crippen molar-refractivity contribution in [2.75, 3.05) is 11.1 Å². The summed E-state index contributed by atoms with van der Waals surface area (Å²) >= 11 is 0. The van der Waals surface area contributed by atoms with Gasteiger partial charge in [-0.25, -0.2) is 4.98 Å². The Morgan fingerprint density at radius 1 is 1.24 bits per heavy atom. The van der Waals surface area contributed by atoms with Gasteiger partial charge in [0.05, 0.1) is 16.9 Å². The molecule has 0 aliphatic rings. The molecule has 1 amide bonds. The Bertz CT molecular complexity index is 683. The second-order valence-corrected chi connectivity index (χ2v) is 4.42. The Hall–Kier alpha value is -2.57. The van der Waals surface area contributed by atoms with Crippen molar-refractivity contribution in [3.05, 3.63) is 53.3 Å². The molecule has 2 rings (SSSR count). The summed E-state index contributed by atoms with van der Waals surface area (Å²) in [5.41, 5.74) is 5.43. The van der Waals surface area contributed by atoms with Crippen molar-refractivity contribution < 1.29 is 18.0 Å². The van der Waals surface area contributed by atoms with E-state index in [0.717, 1.165) is 18.2 Å². The molecular formula is C14H12F3N3O. The summed E-state index contributed by atoms with van der Waals surface area (Å²) in [6, 6.07) is 7.64. The van der Waals surface area contributed by atoms with Crippen LogP contribution in [0.3, 0.4) is 0 Å². The van der Waals surface area contributed by atoms with Crippen LogP contribution in [0.1, 0.15) is 21.7 Å². The fourth-order valence-electron chi connectivity index (χ4n) is 1.71. The molecule has 1 aromatic heterocycles. The summed E-state index contributed by atoms with van der Waals surface area (Å²) in [5, 5.41) is 2.44. The molecule has 0 atom stereocenters. The zero-order valence-electron chi connectivity index (χ0n) is 11.0. The van der Waals surface area contributed by atoms with E-state index in [1.165, 1.54) is 6.07 Å². The lowest BCUT2D eigenvalue weighted by molar-refractivity contribution is -0.137. The number of rotatable bonds is 2. The third-order valence-electron chi connectivity index (χ3n) is 2.75. The number of amides is 1. The summed E-state index contributed by atoms with van der Waals surface area (Å²) in [4.78, 5) is 16.0. The quantitative estimate of drug-likeness (QED) is 0.836. The average Bonchev–Trinajstić information content (AvgIpc) is 2.39. The molecule has 0 fully saturated rings. The SMILES string of the molecule is Cc1cccc(C(=O)Nc2ccc(C(F)(F)F)cc2N)n1. The standard InChI is InChI=1S/C14H12F3N3O/c1-8-3-2-4-12(19-8)13(21)20-11-6-5-9(7-10(11)18)14(15,16)17/h2-7H,18H2,1H3,(H,20,21). The van der Waals surface area contributed by atoms with E-state index >= 15 is 0 Å². The molecule has 0 aliphatic carbocycles. The number of aromatic nitrogens is 1. The van der Waals surface area contributed by atoms with E-state index in [2.05, 4.69) is 10.3 Å². The van der Waals surface area contributed by atoms with Gasteiger partial charge in [0.15, 0.2) is 0 Å². The van der Waals surface area contributed by atoms with Gasteiger partial charge >= 0.3 is 6.18 Å². The van der Waals surface area contributed by atoms with Gasteiger partial charge in [-0.3, -0.25) is 4.79 Å². The average molecular weight is 295 g/mol. The number of hydrogen-bond acceptors (Lipinski definition) is 3. The van der Waals surface area contributed by atoms with Crippen molar-refractivity contribution in [1.29, 1.82) is 0 Å². The molecule has 0 radical (unpaired) electrons. The van der Waals surface area contributed by atoms with Gasteiger partial charge in [-0.05, 0) is 37.3 Å². The van der Waals surface area contributed by atoms with E-state index in [9.17, 15) is 18.0 Å². The van der Waals surface area contributed by atoms with Crippen LogP contribution in [-0.2, 0) is 6.18 Å². The Kier molecular flexibility index (Phi) is 3.84. The van der Waals surface area contributed by atoms with Crippen molar-refractivity contribution in [2.24, 2.45) is 0 Å². The number of halogens is 3. The van der Waals surface area contributed by atoms with Crippen molar-refractivity contribution in [3.63, 3.8) is 0 Å². The van der Waals surface area contributed by atoms with E-state index in [1.807, 2.05) is 0 Å². The number of nitrogen functional groups attached to an aromatic ring is 1. The highest BCUT2D eigenvalue weighted by Gasteiger charge is 2.30. The molecule has 0 saturated heterocycles. The first-order valence-electron chi connectivity index (χ1n) is 5.99. The lowest BCUT2D eigenvalue weighted by Gasteiger charge is -2.11. The molecule has 7 heteroatoms. The molecule has 0 unspecified atom stereocenters. The number of nitrogens with two attached hydrogens (primary N) is 1. The van der Waals surface area contributed by atoms with Gasteiger partial charge in [-0.15, -0.1) is 0 Å². The van der Waals surface area contributed by atoms with Gasteiger partial charge in [0.1, 0.15) is 5.69 Å². The van der Waals surface area contributed by atoms with Gasteiger partial charge in [-0.1, -0.05) is 6.07 Å². The molecular weight excluding hydrogens is 283 g/mol. The summed E-state index contributed by atoms with van der Waals surface area (Å²) in [5.74, 6) is -0.537. The van der Waals surface area contributed by atoms with Crippen molar-refractivity contribution in [1.82, 2.24) is 4.98 Å². The number of aryl methyl sites for hydroxylation is 1. The van der Waals surface area contributed by atoms with Gasteiger partial charge < -0.3 is 11.1 Å². The second kappa shape index (κ2) is 5.43. The summed E-state index contributed by atoms with van der Waals surface area (Å²) in [6.07, 6.45) is -4.48. The third-order valence-corrected chi connectivity index (χ3v) is 2.75. The normalized spacial score (nSPS) is 11.2. The van der Waals surface area contributed by atoms with Crippen LogP contribution in [0.15, 0.2) is 36.4 Å². The number of nitrogens with zero attached hydrogens (tertiary/aromatic N) is 1. The predicted octanol–water partition coefficient (Wildman–Crippen LogP) is 3.24. The zero-order chi connectivity index (χ0) is 15.6. The van der Waals surface area contributed by atoms with Gasteiger partial charge in [0.25, 0.3) is 5.91 Å². The minimum Gasteiger partial charge on any atom is -0.397 e. The first-order valence-corrected chi connectivity index (χ1v) is 5.99. The molecule has 3 N–H and O–H groups in total. The van der Waals surface area contributed by atoms with Crippen molar-refractivity contribution >= 4 is 17.3 Å². The number of benzene rings is 1. The van der Waals surface area contributed by atoms with Crippen LogP contribution in [0.25, 0.3) is 0 Å². The van der Waals surface area contributed by atoms with Crippen molar-refractivity contribution in [2.45, 2.75) is 13.1 Å². The molecule has 21 heavy (non-hydrogen) atoms. The van der Waals surface area contributed by atoms with Crippen LogP contribution in [0.2, 0.25) is 0 Å². The van der Waals surface area contributed by atoms with E-state index < -0.39 is 17.6 Å². The lowest BCUT2D eigenvalue weighted by atomic mass is 10.1. The summed E-state index contributed by atoms with van der Waals surface area (Å²) in [7, 11) is 0. The molecule has 1 aromatic carbocycles. The molecule has 0 spiro atoms. The Morgan fingerprint density at radius 2 is 1.95 bits per heavy atom. The summed E-state index contributed by atoms with van der Waals surface area (Å²) in [6.45, 7) is 1.73. The molecule has 1 heterocycles. The number of alkyl halides is 3. The maximum Gasteiger partial charge on any atom is 0.416 e. The highest BCUT2D eigenvalue weighted by atomic mass is 19.4. The van der Waals surface area contributed by atoms with Crippen LogP contribution in [0.5, 0.6) is 0 Å². The van der Waals surface area contributed by atoms with E-state index in [4.69, 9.17) is 5.73 Å². The third kappa shape index (κ3) is 3.50. The van der Waals surface area contributed by atoms with E-state index in [-0.39, 0.29) is 17.1 Å². The fourth-order valence-corrected chi connectivity index (χ4v) is 1.71. The number of hydrogen-bond donors (Lipinski definition) is 2. The topological polar surface area (TPSA) is 68.0 Å². The fraction of sp³-hybridized carbons (Fsp3) is 0.143. The largest absolute Gasteiger partial charge is 0.416 e. The highest BCUT2D eigenvalue weighted by molar-refractivity contribution is 6.04. The smallest absolute Gasteiger partial charge is 0.397 e. The molecule has 0 aliphatic heterocycles. The van der Waals surface area contributed by atoms with Gasteiger partial charge in [0, 0.05) is 5.69 Å². The predicted molar refractivity (Wildman–Crippen MR) is 72.8 cm³/mol. The minimum absolute atomic E-state index is 0.108. The number of anilines is 2. The molecule has 4 nitrogen and oxygen atoms in total. The van der Waals surface area contributed by atoms with E-state index in [0.29, 0.717) is 5.69 Å². The highest BCUT2D eigenvalue weighted by Crippen LogP contribution is 2.32. The Labute approximate surface area is 118 Å². The number of nitrogens with one attached hydrogen (secondary N) is 1. The van der Waals surface area contributed by atoms with Gasteiger partial charge in [-0.2, -0.15) is 13.2 Å². The molecule has 2 aromatic rings. The molecule has 110 valence electrons. The minimum atomic E-state index is -4.48. The molecule has 0 bridgehead atoms. The van der Waals surface area contributed by atoms with E-state index in [1.54, 1.807) is 19.1 Å². The monoisotopic (exact) mass is 295 g/mol. The number of pyridine rings is 1.